The number of halogens is 1. The lowest BCUT2D eigenvalue weighted by molar-refractivity contribution is 0.112. The topological polar surface area (TPSA) is 56.2 Å². The standard InChI is InChI=1S/C19H20ClN3O2/c1-4-15(21-2)19-22-16-9-8-13(25-3)10-17(16)23(19)18-12(11-24)6-5-7-14(18)20/h5-11,15,21H,4H2,1-3H3. The number of nitrogens with zero attached hydrogens (tertiary/aromatic N) is 2. The van der Waals surface area contributed by atoms with E-state index in [4.69, 9.17) is 21.3 Å². The Labute approximate surface area is 151 Å². The lowest BCUT2D eigenvalue weighted by Gasteiger charge is -2.18. The third-order valence-electron chi connectivity index (χ3n) is 4.32. The van der Waals surface area contributed by atoms with Gasteiger partial charge in [-0.2, -0.15) is 0 Å². The molecule has 6 heteroatoms. The minimum atomic E-state index is 0.0224. The van der Waals surface area contributed by atoms with Crippen molar-refractivity contribution in [2.75, 3.05) is 14.2 Å². The molecule has 1 heterocycles. The normalized spacial score (nSPS) is 12.3. The van der Waals surface area contributed by atoms with Crippen molar-refractivity contribution in [1.29, 1.82) is 0 Å². The number of fused-ring (bicyclic) bond motifs is 1. The Morgan fingerprint density at radius 2 is 2.16 bits per heavy atom. The number of carbonyl (C=O) groups excluding carboxylic acids is 1. The molecule has 0 bridgehead atoms. The first-order chi connectivity index (χ1) is 12.1. The van der Waals surface area contributed by atoms with Crippen LogP contribution in [-0.4, -0.2) is 30.0 Å². The number of methoxy groups -OCH3 is 1. The van der Waals surface area contributed by atoms with Crippen LogP contribution in [0.4, 0.5) is 0 Å². The third kappa shape index (κ3) is 3.01. The number of aldehydes is 1. The number of hydrogen-bond donors (Lipinski definition) is 1. The maximum absolute atomic E-state index is 11.6. The van der Waals surface area contributed by atoms with Gasteiger partial charge < -0.3 is 10.1 Å². The van der Waals surface area contributed by atoms with E-state index in [1.54, 1.807) is 25.3 Å². The van der Waals surface area contributed by atoms with E-state index in [1.165, 1.54) is 0 Å². The van der Waals surface area contributed by atoms with E-state index in [1.807, 2.05) is 29.8 Å². The van der Waals surface area contributed by atoms with Gasteiger partial charge in [0.15, 0.2) is 6.29 Å². The number of hydrogen-bond acceptors (Lipinski definition) is 4. The average Bonchev–Trinajstić information content (AvgIpc) is 3.00. The number of aromatic nitrogens is 2. The van der Waals surface area contributed by atoms with Crippen LogP contribution in [0.5, 0.6) is 5.75 Å². The Morgan fingerprint density at radius 3 is 2.80 bits per heavy atom. The monoisotopic (exact) mass is 357 g/mol. The highest BCUT2D eigenvalue weighted by atomic mass is 35.5. The Morgan fingerprint density at radius 1 is 1.36 bits per heavy atom. The van der Waals surface area contributed by atoms with Crippen molar-refractivity contribution >= 4 is 28.9 Å². The fourth-order valence-corrected chi connectivity index (χ4v) is 3.31. The molecule has 0 saturated heterocycles. The highest BCUT2D eigenvalue weighted by molar-refractivity contribution is 6.33. The van der Waals surface area contributed by atoms with Gasteiger partial charge in [0.25, 0.3) is 0 Å². The molecule has 0 spiro atoms. The van der Waals surface area contributed by atoms with E-state index in [0.717, 1.165) is 35.3 Å². The van der Waals surface area contributed by atoms with Crippen molar-refractivity contribution in [3.05, 3.63) is 52.8 Å². The largest absolute Gasteiger partial charge is 0.497 e. The lowest BCUT2D eigenvalue weighted by atomic mass is 10.1. The second kappa shape index (κ2) is 7.25. The van der Waals surface area contributed by atoms with E-state index < -0.39 is 0 Å². The number of para-hydroxylation sites is 1. The number of ether oxygens (including phenoxy) is 1. The summed E-state index contributed by atoms with van der Waals surface area (Å²) in [4.78, 5) is 16.4. The molecule has 3 rings (SSSR count). The number of benzene rings is 2. The maximum Gasteiger partial charge on any atom is 0.152 e. The molecule has 1 atom stereocenters. The number of imidazole rings is 1. The zero-order chi connectivity index (χ0) is 18.0. The first-order valence-corrected chi connectivity index (χ1v) is 8.50. The molecule has 2 aromatic carbocycles. The fraction of sp³-hybridized carbons (Fsp3) is 0.263. The van der Waals surface area contributed by atoms with Crippen LogP contribution in [0.25, 0.3) is 16.7 Å². The van der Waals surface area contributed by atoms with Gasteiger partial charge in [-0.15, -0.1) is 0 Å². The number of nitrogens with one attached hydrogen (secondary N) is 1. The van der Waals surface area contributed by atoms with Crippen molar-refractivity contribution in [3.63, 3.8) is 0 Å². The molecule has 1 unspecified atom stereocenters. The molecule has 0 radical (unpaired) electrons. The molecule has 0 amide bonds. The molecule has 0 aliphatic heterocycles. The van der Waals surface area contributed by atoms with Gasteiger partial charge in [-0.3, -0.25) is 9.36 Å². The zero-order valence-electron chi connectivity index (χ0n) is 14.4. The van der Waals surface area contributed by atoms with Gasteiger partial charge in [-0.05, 0) is 37.7 Å². The van der Waals surface area contributed by atoms with Crippen LogP contribution in [0, 0.1) is 0 Å². The summed E-state index contributed by atoms with van der Waals surface area (Å²) in [5, 5.41) is 3.78. The van der Waals surface area contributed by atoms with Gasteiger partial charge in [0.2, 0.25) is 0 Å². The number of carbonyl (C=O) groups is 1. The average molecular weight is 358 g/mol. The summed E-state index contributed by atoms with van der Waals surface area (Å²) in [7, 11) is 3.52. The Hall–Kier alpha value is -2.37. The molecule has 3 aromatic rings. The molecule has 0 saturated carbocycles. The Balaban J connectivity index is 2.42. The summed E-state index contributed by atoms with van der Waals surface area (Å²) < 4.78 is 7.32. The van der Waals surface area contributed by atoms with Crippen molar-refractivity contribution in [1.82, 2.24) is 14.9 Å². The molecule has 130 valence electrons. The van der Waals surface area contributed by atoms with Gasteiger partial charge in [-0.1, -0.05) is 24.6 Å². The van der Waals surface area contributed by atoms with Crippen LogP contribution in [0.1, 0.15) is 35.6 Å². The summed E-state index contributed by atoms with van der Waals surface area (Å²) in [5.41, 5.74) is 2.82. The van der Waals surface area contributed by atoms with Crippen LogP contribution in [0.2, 0.25) is 5.02 Å². The van der Waals surface area contributed by atoms with Gasteiger partial charge in [-0.25, -0.2) is 4.98 Å². The molecule has 0 aliphatic carbocycles. The summed E-state index contributed by atoms with van der Waals surface area (Å²) in [5.74, 6) is 1.53. The minimum absolute atomic E-state index is 0.0224. The number of rotatable bonds is 6. The second-order valence-electron chi connectivity index (χ2n) is 5.71. The smallest absolute Gasteiger partial charge is 0.152 e. The Bertz CT molecular complexity index is 916. The van der Waals surface area contributed by atoms with E-state index in [2.05, 4.69) is 12.2 Å². The van der Waals surface area contributed by atoms with Gasteiger partial charge >= 0.3 is 0 Å². The van der Waals surface area contributed by atoms with Crippen LogP contribution in [-0.2, 0) is 0 Å². The van der Waals surface area contributed by atoms with Crippen LogP contribution in [0.3, 0.4) is 0 Å². The van der Waals surface area contributed by atoms with Crippen LogP contribution in [0.15, 0.2) is 36.4 Å². The van der Waals surface area contributed by atoms with E-state index >= 15 is 0 Å². The molecular formula is C19H20ClN3O2. The maximum atomic E-state index is 11.6. The first-order valence-electron chi connectivity index (χ1n) is 8.12. The summed E-state index contributed by atoms with van der Waals surface area (Å²) in [6.07, 6.45) is 1.66. The fourth-order valence-electron chi connectivity index (χ4n) is 3.05. The third-order valence-corrected chi connectivity index (χ3v) is 4.63. The highest BCUT2D eigenvalue weighted by Crippen LogP contribution is 2.33. The minimum Gasteiger partial charge on any atom is -0.497 e. The SMILES string of the molecule is CCC(NC)c1nc2ccc(OC)cc2n1-c1c(Cl)cccc1C=O. The molecule has 1 aromatic heterocycles. The zero-order valence-corrected chi connectivity index (χ0v) is 15.2. The van der Waals surface area contributed by atoms with Crippen molar-refractivity contribution < 1.29 is 9.53 Å². The molecule has 5 nitrogen and oxygen atoms in total. The molecule has 25 heavy (non-hydrogen) atoms. The second-order valence-corrected chi connectivity index (χ2v) is 6.11. The predicted octanol–water partition coefficient (Wildman–Crippen LogP) is 4.17. The van der Waals surface area contributed by atoms with Crippen molar-refractivity contribution in [3.8, 4) is 11.4 Å². The highest BCUT2D eigenvalue weighted by Gasteiger charge is 2.22. The van der Waals surface area contributed by atoms with Crippen LogP contribution >= 0.6 is 11.6 Å². The quantitative estimate of drug-likeness (QED) is 0.673. The van der Waals surface area contributed by atoms with Crippen molar-refractivity contribution in [2.45, 2.75) is 19.4 Å². The lowest BCUT2D eigenvalue weighted by Crippen LogP contribution is -2.20. The first kappa shape index (κ1) is 17.5. The van der Waals surface area contributed by atoms with Gasteiger partial charge in [0.05, 0.1) is 34.9 Å². The van der Waals surface area contributed by atoms with Gasteiger partial charge in [0, 0.05) is 11.6 Å². The predicted molar refractivity (Wildman–Crippen MR) is 100 cm³/mol. The van der Waals surface area contributed by atoms with Crippen LogP contribution < -0.4 is 10.1 Å². The molecular weight excluding hydrogens is 338 g/mol. The summed E-state index contributed by atoms with van der Waals surface area (Å²) in [6.45, 7) is 2.08. The molecule has 0 fully saturated rings. The summed E-state index contributed by atoms with van der Waals surface area (Å²) in [6, 6.07) is 11.0. The summed E-state index contributed by atoms with van der Waals surface area (Å²) >= 11 is 6.48. The van der Waals surface area contributed by atoms with E-state index in [0.29, 0.717) is 16.3 Å². The Kier molecular flexibility index (Phi) is 5.06. The van der Waals surface area contributed by atoms with E-state index in [-0.39, 0.29) is 6.04 Å². The van der Waals surface area contributed by atoms with Gasteiger partial charge in [0.1, 0.15) is 11.6 Å². The molecule has 1 N–H and O–H groups in total. The molecule has 0 aliphatic rings. The van der Waals surface area contributed by atoms with E-state index in [9.17, 15) is 4.79 Å². The van der Waals surface area contributed by atoms with Crippen molar-refractivity contribution in [2.24, 2.45) is 0 Å².